The molecule has 1 aliphatic heterocycles. The van der Waals surface area contributed by atoms with Crippen molar-refractivity contribution in [1.82, 2.24) is 14.8 Å². The molecule has 4 aromatic rings. The Kier molecular flexibility index (Phi) is 8.83. The van der Waals surface area contributed by atoms with E-state index in [1.54, 1.807) is 29.3 Å². The number of hydrogen-bond acceptors (Lipinski definition) is 9. The van der Waals surface area contributed by atoms with Gasteiger partial charge in [0.1, 0.15) is 13.2 Å². The van der Waals surface area contributed by atoms with Crippen molar-refractivity contribution < 1.29 is 33.3 Å². The molecular formula is C27H29N4O7PS. The summed E-state index contributed by atoms with van der Waals surface area (Å²) in [5, 5.41) is 7.43. The minimum absolute atomic E-state index is 0.147. The van der Waals surface area contributed by atoms with E-state index in [0.717, 1.165) is 41.0 Å². The molecule has 0 spiro atoms. The number of benzene rings is 2. The summed E-state index contributed by atoms with van der Waals surface area (Å²) in [6, 6.07) is 14.8. The first-order chi connectivity index (χ1) is 19.4. The Bertz CT molecular complexity index is 1500. The van der Waals surface area contributed by atoms with Crippen LogP contribution in [-0.2, 0) is 22.5 Å². The van der Waals surface area contributed by atoms with E-state index in [2.05, 4.69) is 15.0 Å². The molecule has 210 valence electrons. The molecule has 2 aromatic carbocycles. The van der Waals surface area contributed by atoms with Crippen molar-refractivity contribution in [3.05, 3.63) is 82.7 Å². The molecule has 2 aromatic heterocycles. The smallest absolute Gasteiger partial charge is 0.349 e. The summed E-state index contributed by atoms with van der Waals surface area (Å²) in [7, 11) is -2.79. The highest BCUT2D eigenvalue weighted by Crippen LogP contribution is 2.38. The maximum absolute atomic E-state index is 11.4. The van der Waals surface area contributed by atoms with E-state index in [1.165, 1.54) is 6.08 Å². The highest BCUT2D eigenvalue weighted by Gasteiger charge is 2.16. The zero-order chi connectivity index (χ0) is 28.0. The number of rotatable bonds is 11. The van der Waals surface area contributed by atoms with Gasteiger partial charge >= 0.3 is 7.60 Å². The molecule has 5 rings (SSSR count). The molecule has 40 heavy (non-hydrogen) atoms. The van der Waals surface area contributed by atoms with Gasteiger partial charge in [-0.1, -0.05) is 24.3 Å². The second kappa shape index (κ2) is 12.7. The van der Waals surface area contributed by atoms with Gasteiger partial charge in [-0.25, -0.2) is 9.67 Å². The molecule has 2 N–H and O–H groups in total. The fourth-order valence-electron chi connectivity index (χ4n) is 3.98. The molecule has 0 radical (unpaired) electrons. The maximum atomic E-state index is 11.4. The van der Waals surface area contributed by atoms with Gasteiger partial charge in [0.2, 0.25) is 5.88 Å². The zero-order valence-electron chi connectivity index (χ0n) is 21.8. The van der Waals surface area contributed by atoms with E-state index >= 15 is 0 Å². The number of aromatic nitrogens is 3. The van der Waals surface area contributed by atoms with Crippen molar-refractivity contribution in [2.45, 2.75) is 13.2 Å². The Morgan fingerprint density at radius 3 is 2.62 bits per heavy atom. The zero-order valence-corrected chi connectivity index (χ0v) is 23.5. The van der Waals surface area contributed by atoms with Crippen molar-refractivity contribution in [2.75, 3.05) is 38.3 Å². The van der Waals surface area contributed by atoms with E-state index in [4.69, 9.17) is 18.9 Å². The summed E-state index contributed by atoms with van der Waals surface area (Å²) in [5.74, 6) is 2.17. The average molecular weight is 585 g/mol. The minimum Gasteiger partial charge on any atom is -0.493 e. The monoisotopic (exact) mass is 584 g/mol. The Morgan fingerprint density at radius 2 is 1.88 bits per heavy atom. The molecule has 0 bridgehead atoms. The highest BCUT2D eigenvalue weighted by molar-refractivity contribution is 7.55. The van der Waals surface area contributed by atoms with Crippen LogP contribution in [0.5, 0.6) is 17.4 Å². The molecule has 13 heteroatoms. The van der Waals surface area contributed by atoms with E-state index in [-0.39, 0.29) is 12.5 Å². The molecular weight excluding hydrogens is 555 g/mol. The summed E-state index contributed by atoms with van der Waals surface area (Å²) in [6.45, 7) is 3.53. The third-order valence-electron chi connectivity index (χ3n) is 5.98. The number of thiazole rings is 1. The molecule has 1 saturated heterocycles. The second-order valence-corrected chi connectivity index (χ2v) is 11.2. The van der Waals surface area contributed by atoms with E-state index in [9.17, 15) is 14.4 Å². The topological polar surface area (TPSA) is 128 Å². The van der Waals surface area contributed by atoms with Crippen LogP contribution in [0.3, 0.4) is 0 Å². The summed E-state index contributed by atoms with van der Waals surface area (Å²) in [6.07, 6.45) is 2.96. The normalized spacial score (nSPS) is 14.0. The van der Waals surface area contributed by atoms with Gasteiger partial charge in [0.05, 0.1) is 37.3 Å². The number of morpholine rings is 1. The predicted molar refractivity (Wildman–Crippen MR) is 151 cm³/mol. The van der Waals surface area contributed by atoms with Gasteiger partial charge in [-0.2, -0.15) is 0 Å². The van der Waals surface area contributed by atoms with Gasteiger partial charge in [0.25, 0.3) is 0 Å². The fourth-order valence-corrected chi connectivity index (χ4v) is 5.19. The molecule has 11 nitrogen and oxygen atoms in total. The Labute approximate surface area is 235 Å². The van der Waals surface area contributed by atoms with Crippen LogP contribution >= 0.6 is 18.9 Å². The minimum atomic E-state index is -4.36. The van der Waals surface area contributed by atoms with Crippen LogP contribution in [-0.4, -0.2) is 58.0 Å². The molecule has 3 heterocycles. The Hall–Kier alpha value is -3.67. The summed E-state index contributed by atoms with van der Waals surface area (Å²) < 4.78 is 35.9. The summed E-state index contributed by atoms with van der Waals surface area (Å²) in [5.41, 5.74) is 2.85. The fraction of sp³-hybridized carbons (Fsp3) is 0.259. The van der Waals surface area contributed by atoms with Crippen molar-refractivity contribution >= 4 is 30.1 Å². The van der Waals surface area contributed by atoms with Gasteiger partial charge in [0, 0.05) is 30.5 Å². The third kappa shape index (κ3) is 7.29. The van der Waals surface area contributed by atoms with Crippen LogP contribution in [0.1, 0.15) is 16.8 Å². The van der Waals surface area contributed by atoms with Gasteiger partial charge in [-0.05, 0) is 35.9 Å². The summed E-state index contributed by atoms with van der Waals surface area (Å²) in [4.78, 5) is 25.5. The van der Waals surface area contributed by atoms with Crippen molar-refractivity contribution in [3.8, 4) is 23.1 Å². The lowest BCUT2D eigenvalue weighted by Gasteiger charge is -2.26. The largest absolute Gasteiger partial charge is 0.493 e. The standard InChI is InChI=1S/C27H29N4O7PS/c1-35-25-15-20(7-8-24(25)37-18-22-19-40-27(28-22)30-10-12-36-13-11-30)17-38-26-21(9-14-39(32,33)34)16-31(29-26)23-5-3-2-4-6-23/h2-9,14-16,19H,10-13,17-18H2,1H3,(H2,32,33,34). The van der Waals surface area contributed by atoms with Crippen LogP contribution in [0.2, 0.25) is 0 Å². The number of ether oxygens (including phenoxy) is 4. The first-order valence-corrected chi connectivity index (χ1v) is 15.0. The Morgan fingerprint density at radius 1 is 1.07 bits per heavy atom. The van der Waals surface area contributed by atoms with Gasteiger partial charge < -0.3 is 33.6 Å². The lowest BCUT2D eigenvalue weighted by Crippen LogP contribution is -2.36. The molecule has 0 saturated carbocycles. The summed E-state index contributed by atoms with van der Waals surface area (Å²) >= 11 is 1.59. The second-order valence-electron chi connectivity index (χ2n) is 8.86. The SMILES string of the molecule is COc1cc(COc2nn(-c3ccccc3)cc2C=CP(=O)(O)O)ccc1OCc1csc(N2CCOCC2)n1. The van der Waals surface area contributed by atoms with Gasteiger partial charge in [-0.15, -0.1) is 16.4 Å². The number of para-hydroxylation sites is 1. The van der Waals surface area contributed by atoms with Gasteiger partial charge in [0.15, 0.2) is 16.6 Å². The van der Waals surface area contributed by atoms with Crippen LogP contribution in [0.15, 0.2) is 65.9 Å². The quantitative estimate of drug-likeness (QED) is 0.244. The first-order valence-electron chi connectivity index (χ1n) is 12.5. The molecule has 1 fully saturated rings. The molecule has 1 aliphatic rings. The van der Waals surface area contributed by atoms with Crippen LogP contribution < -0.4 is 19.1 Å². The molecule has 0 atom stereocenters. The molecule has 0 aliphatic carbocycles. The number of nitrogens with zero attached hydrogens (tertiary/aromatic N) is 4. The lowest BCUT2D eigenvalue weighted by atomic mass is 10.2. The van der Waals surface area contributed by atoms with Crippen molar-refractivity contribution in [2.24, 2.45) is 0 Å². The van der Waals surface area contributed by atoms with Gasteiger partial charge in [-0.3, -0.25) is 4.57 Å². The molecule has 0 amide bonds. The van der Waals surface area contributed by atoms with E-state index in [0.29, 0.717) is 36.9 Å². The third-order valence-corrected chi connectivity index (χ3v) is 7.46. The van der Waals surface area contributed by atoms with E-state index in [1.807, 2.05) is 53.9 Å². The Balaban J connectivity index is 1.26. The van der Waals surface area contributed by atoms with Crippen LogP contribution in [0, 0.1) is 0 Å². The first kappa shape index (κ1) is 27.9. The highest BCUT2D eigenvalue weighted by atomic mass is 32.1. The predicted octanol–water partition coefficient (Wildman–Crippen LogP) is 4.48. The van der Waals surface area contributed by atoms with Crippen LogP contribution in [0.25, 0.3) is 11.8 Å². The number of hydrogen-bond donors (Lipinski definition) is 2. The van der Waals surface area contributed by atoms with E-state index < -0.39 is 7.60 Å². The average Bonchev–Trinajstić information content (AvgIpc) is 3.62. The number of anilines is 1. The molecule has 0 unspecified atom stereocenters. The van der Waals surface area contributed by atoms with Crippen molar-refractivity contribution in [1.29, 1.82) is 0 Å². The van der Waals surface area contributed by atoms with Crippen molar-refractivity contribution in [3.63, 3.8) is 0 Å². The van der Waals surface area contributed by atoms with Crippen LogP contribution in [0.4, 0.5) is 5.13 Å². The number of methoxy groups -OCH3 is 1. The lowest BCUT2D eigenvalue weighted by molar-refractivity contribution is 0.122. The maximum Gasteiger partial charge on any atom is 0.349 e.